The molecule has 2 aromatic rings. The Morgan fingerprint density at radius 1 is 1.15 bits per heavy atom. The Labute approximate surface area is 156 Å². The van der Waals surface area contributed by atoms with Gasteiger partial charge in [0.2, 0.25) is 5.91 Å². The van der Waals surface area contributed by atoms with E-state index in [1.54, 1.807) is 0 Å². The largest absolute Gasteiger partial charge is 0.361 e. The minimum Gasteiger partial charge on any atom is -0.361 e. The molecule has 26 heavy (non-hydrogen) atoms. The number of H-pyrrole nitrogens is 1. The van der Waals surface area contributed by atoms with Crippen LogP contribution in [0.1, 0.15) is 50.5 Å². The minimum absolute atomic E-state index is 0.298. The van der Waals surface area contributed by atoms with Gasteiger partial charge in [0.05, 0.1) is 0 Å². The SMILES string of the molecule is CN(C(=O)CCc1c[nH]c2ccccc12)[C@@H]1CCCC[C@H]1N1CCCC1. The van der Waals surface area contributed by atoms with Crippen LogP contribution in [0.3, 0.4) is 0 Å². The van der Waals surface area contributed by atoms with Crippen LogP contribution in [0.4, 0.5) is 0 Å². The Morgan fingerprint density at radius 2 is 1.92 bits per heavy atom. The molecule has 2 heterocycles. The number of likely N-dealkylation sites (N-methyl/N-ethyl adjacent to an activating group) is 1. The number of carbonyl (C=O) groups excluding carboxylic acids is 1. The molecule has 1 aromatic heterocycles. The molecule has 2 atom stereocenters. The van der Waals surface area contributed by atoms with E-state index in [1.807, 2.05) is 13.1 Å². The molecule has 0 unspecified atom stereocenters. The molecule has 0 spiro atoms. The van der Waals surface area contributed by atoms with Gasteiger partial charge in [0.1, 0.15) is 0 Å². The summed E-state index contributed by atoms with van der Waals surface area (Å²) in [5.41, 5.74) is 2.41. The maximum atomic E-state index is 12.9. The Balaban J connectivity index is 1.40. The van der Waals surface area contributed by atoms with Crippen LogP contribution in [-0.4, -0.2) is 52.9 Å². The number of nitrogens with zero attached hydrogens (tertiary/aromatic N) is 2. The summed E-state index contributed by atoms with van der Waals surface area (Å²) >= 11 is 0. The first-order chi connectivity index (χ1) is 12.7. The number of hydrogen-bond donors (Lipinski definition) is 1. The van der Waals surface area contributed by atoms with Crippen molar-refractivity contribution >= 4 is 16.8 Å². The highest BCUT2D eigenvalue weighted by atomic mass is 16.2. The maximum Gasteiger partial charge on any atom is 0.222 e. The standard InChI is InChI=1S/C22H31N3O/c1-24(20-10-4-5-11-21(20)25-14-6-7-15-25)22(26)13-12-17-16-23-19-9-3-2-8-18(17)19/h2-3,8-9,16,20-21,23H,4-7,10-15H2,1H3/t20-,21-/m1/s1. The number of aromatic amines is 1. The quantitative estimate of drug-likeness (QED) is 0.883. The number of rotatable bonds is 5. The predicted molar refractivity (Wildman–Crippen MR) is 106 cm³/mol. The van der Waals surface area contributed by atoms with Crippen LogP contribution in [0.25, 0.3) is 10.9 Å². The van der Waals surface area contributed by atoms with Crippen LogP contribution in [0.2, 0.25) is 0 Å². The summed E-state index contributed by atoms with van der Waals surface area (Å²) < 4.78 is 0. The Hall–Kier alpha value is -1.81. The zero-order valence-electron chi connectivity index (χ0n) is 15.9. The van der Waals surface area contributed by atoms with Gasteiger partial charge >= 0.3 is 0 Å². The fourth-order valence-corrected chi connectivity index (χ4v) is 4.98. The molecule has 0 bridgehead atoms. The van der Waals surface area contributed by atoms with Crippen LogP contribution >= 0.6 is 0 Å². The molecular weight excluding hydrogens is 322 g/mol. The number of aromatic nitrogens is 1. The number of aryl methyl sites for hydroxylation is 1. The lowest BCUT2D eigenvalue weighted by molar-refractivity contribution is -0.134. The van der Waals surface area contributed by atoms with Crippen molar-refractivity contribution in [2.24, 2.45) is 0 Å². The van der Waals surface area contributed by atoms with Crippen molar-refractivity contribution in [1.82, 2.24) is 14.8 Å². The number of carbonyl (C=O) groups is 1. The van der Waals surface area contributed by atoms with E-state index in [0.717, 1.165) is 18.4 Å². The summed E-state index contributed by atoms with van der Waals surface area (Å²) in [6.07, 6.45) is 11.1. The van der Waals surface area contributed by atoms with Gasteiger partial charge < -0.3 is 9.88 Å². The molecule has 2 fully saturated rings. The Kier molecular flexibility index (Phi) is 5.30. The van der Waals surface area contributed by atoms with Crippen molar-refractivity contribution in [2.75, 3.05) is 20.1 Å². The first kappa shape index (κ1) is 17.6. The summed E-state index contributed by atoms with van der Waals surface area (Å²) in [7, 11) is 2.04. The molecule has 1 amide bonds. The van der Waals surface area contributed by atoms with Gasteiger partial charge in [-0.1, -0.05) is 31.0 Å². The molecule has 4 rings (SSSR count). The van der Waals surface area contributed by atoms with Crippen LogP contribution in [0.5, 0.6) is 0 Å². The zero-order chi connectivity index (χ0) is 17.9. The van der Waals surface area contributed by atoms with Gasteiger partial charge in [-0.3, -0.25) is 9.69 Å². The van der Waals surface area contributed by atoms with E-state index in [1.165, 1.54) is 56.1 Å². The van der Waals surface area contributed by atoms with Crippen LogP contribution in [0.15, 0.2) is 30.5 Å². The van der Waals surface area contributed by atoms with Gasteiger partial charge in [0, 0.05) is 42.7 Å². The van der Waals surface area contributed by atoms with Gasteiger partial charge in [0.15, 0.2) is 0 Å². The van der Waals surface area contributed by atoms with E-state index in [-0.39, 0.29) is 0 Å². The third kappa shape index (κ3) is 3.52. The van der Waals surface area contributed by atoms with E-state index in [0.29, 0.717) is 24.4 Å². The molecule has 2 aliphatic rings. The molecule has 1 saturated carbocycles. The molecule has 140 valence electrons. The van der Waals surface area contributed by atoms with Crippen molar-refractivity contribution < 1.29 is 4.79 Å². The second kappa shape index (κ2) is 7.83. The number of likely N-dealkylation sites (tertiary alicyclic amines) is 1. The third-order valence-corrected chi connectivity index (χ3v) is 6.48. The average Bonchev–Trinajstić information content (AvgIpc) is 3.35. The Bertz CT molecular complexity index is 747. The maximum absolute atomic E-state index is 12.9. The molecule has 4 heteroatoms. The lowest BCUT2D eigenvalue weighted by atomic mass is 9.88. The summed E-state index contributed by atoms with van der Waals surface area (Å²) in [4.78, 5) is 21.0. The number of hydrogen-bond acceptors (Lipinski definition) is 2. The van der Waals surface area contributed by atoms with E-state index in [4.69, 9.17) is 0 Å². The van der Waals surface area contributed by atoms with Crippen LogP contribution in [0, 0.1) is 0 Å². The number of amides is 1. The molecular formula is C22H31N3O. The first-order valence-corrected chi connectivity index (χ1v) is 10.3. The molecule has 1 aliphatic carbocycles. The predicted octanol–water partition coefficient (Wildman–Crippen LogP) is 3.97. The Morgan fingerprint density at radius 3 is 2.77 bits per heavy atom. The molecule has 1 N–H and O–H groups in total. The molecule has 1 saturated heterocycles. The highest BCUT2D eigenvalue weighted by Crippen LogP contribution is 2.29. The van der Waals surface area contributed by atoms with Gasteiger partial charge in [-0.15, -0.1) is 0 Å². The fourth-order valence-electron chi connectivity index (χ4n) is 4.98. The monoisotopic (exact) mass is 353 g/mol. The van der Waals surface area contributed by atoms with Crippen molar-refractivity contribution in [3.63, 3.8) is 0 Å². The van der Waals surface area contributed by atoms with E-state index in [2.05, 4.69) is 39.2 Å². The van der Waals surface area contributed by atoms with Gasteiger partial charge in [-0.2, -0.15) is 0 Å². The topological polar surface area (TPSA) is 39.3 Å². The highest BCUT2D eigenvalue weighted by molar-refractivity contribution is 5.84. The lowest BCUT2D eigenvalue weighted by Crippen LogP contribution is -2.53. The summed E-state index contributed by atoms with van der Waals surface area (Å²) in [6, 6.07) is 9.32. The summed E-state index contributed by atoms with van der Waals surface area (Å²) in [5, 5.41) is 1.25. The lowest BCUT2D eigenvalue weighted by Gasteiger charge is -2.42. The number of fused-ring (bicyclic) bond motifs is 1. The number of benzene rings is 1. The van der Waals surface area contributed by atoms with Crippen molar-refractivity contribution in [1.29, 1.82) is 0 Å². The number of nitrogens with one attached hydrogen (secondary N) is 1. The minimum atomic E-state index is 0.298. The van der Waals surface area contributed by atoms with Crippen LogP contribution in [-0.2, 0) is 11.2 Å². The van der Waals surface area contributed by atoms with Crippen molar-refractivity contribution in [3.8, 4) is 0 Å². The van der Waals surface area contributed by atoms with E-state index in [9.17, 15) is 4.79 Å². The highest BCUT2D eigenvalue weighted by Gasteiger charge is 2.35. The normalized spacial score (nSPS) is 24.2. The summed E-state index contributed by atoms with van der Waals surface area (Å²) in [6.45, 7) is 2.44. The number of para-hydroxylation sites is 1. The van der Waals surface area contributed by atoms with Crippen LogP contribution < -0.4 is 0 Å². The molecule has 1 aromatic carbocycles. The van der Waals surface area contributed by atoms with Gasteiger partial charge in [0.25, 0.3) is 0 Å². The zero-order valence-corrected chi connectivity index (χ0v) is 15.9. The van der Waals surface area contributed by atoms with Crippen molar-refractivity contribution in [3.05, 3.63) is 36.0 Å². The van der Waals surface area contributed by atoms with Crippen molar-refractivity contribution in [2.45, 2.75) is 63.5 Å². The molecule has 0 radical (unpaired) electrons. The van der Waals surface area contributed by atoms with E-state index >= 15 is 0 Å². The van der Waals surface area contributed by atoms with Gasteiger partial charge in [-0.25, -0.2) is 0 Å². The smallest absolute Gasteiger partial charge is 0.222 e. The second-order valence-corrected chi connectivity index (χ2v) is 8.03. The average molecular weight is 354 g/mol. The fraction of sp³-hybridized carbons (Fsp3) is 0.591. The second-order valence-electron chi connectivity index (χ2n) is 8.03. The first-order valence-electron chi connectivity index (χ1n) is 10.3. The molecule has 1 aliphatic heterocycles. The van der Waals surface area contributed by atoms with Gasteiger partial charge in [-0.05, 0) is 56.8 Å². The molecule has 4 nitrogen and oxygen atoms in total. The van der Waals surface area contributed by atoms with E-state index < -0.39 is 0 Å². The third-order valence-electron chi connectivity index (χ3n) is 6.48. The summed E-state index contributed by atoms with van der Waals surface area (Å²) in [5.74, 6) is 0.298.